The Kier molecular flexibility index (Phi) is 9.47. The fraction of sp³-hybridized carbons (Fsp3) is 0.237. The highest BCUT2D eigenvalue weighted by atomic mass is 35.5. The number of carbonyl (C=O) groups is 1. The molecule has 0 radical (unpaired) electrons. The lowest BCUT2D eigenvalue weighted by Crippen LogP contribution is -2.81. The van der Waals surface area contributed by atoms with E-state index in [2.05, 4.69) is 98.9 Å². The molecule has 2 aliphatic heterocycles. The number of nitrogens with one attached hydrogen (secondary N) is 3. The van der Waals surface area contributed by atoms with Crippen LogP contribution in [0.4, 0.5) is 17.3 Å². The third kappa shape index (κ3) is 6.29. The number of nitrogens with zero attached hydrogens (tertiary/aromatic N) is 4. The van der Waals surface area contributed by atoms with Gasteiger partial charge in [-0.1, -0.05) is 98.2 Å². The number of para-hydroxylation sites is 1. The highest BCUT2D eigenvalue weighted by Crippen LogP contribution is 2.43. The molecule has 2 aliphatic rings. The summed E-state index contributed by atoms with van der Waals surface area (Å²) in [5.74, 6) is 0.778. The van der Waals surface area contributed by atoms with Crippen molar-refractivity contribution in [1.82, 2.24) is 19.9 Å². The predicted octanol–water partition coefficient (Wildman–Crippen LogP) is 5.19. The quantitative estimate of drug-likeness (QED) is 0.113. The normalized spacial score (nSPS) is 18.5. The molecule has 3 N–H and O–H groups in total. The summed E-state index contributed by atoms with van der Waals surface area (Å²) in [6, 6.07) is 31.9. The SMILES string of the molecule is CC1(C)c2ccccc2[Si]1(OCC1CN(CC(Oc2ncnc(Nc3ccccc3Cl)c2C=N)C(=O)Nc2ccccn2)C1)c1ccccc1. The van der Waals surface area contributed by atoms with Gasteiger partial charge in [-0.05, 0) is 40.2 Å². The molecule has 2 unspecified atom stereocenters. The lowest BCUT2D eigenvalue weighted by Gasteiger charge is -2.56. The van der Waals surface area contributed by atoms with Crippen LogP contribution < -0.4 is 25.7 Å². The minimum atomic E-state index is -2.49. The molecule has 0 aliphatic carbocycles. The second-order valence-corrected chi connectivity index (χ2v) is 17.5. The molecule has 1 saturated heterocycles. The molecular weight excluding hydrogens is 666 g/mol. The van der Waals surface area contributed by atoms with Gasteiger partial charge in [-0.15, -0.1) is 0 Å². The van der Waals surface area contributed by atoms with Gasteiger partial charge in [0.05, 0.1) is 16.3 Å². The van der Waals surface area contributed by atoms with Crippen molar-refractivity contribution in [3.05, 3.63) is 126 Å². The van der Waals surface area contributed by atoms with Crippen LogP contribution in [0.3, 0.4) is 0 Å². The number of fused-ring (bicyclic) bond motifs is 1. The molecule has 254 valence electrons. The van der Waals surface area contributed by atoms with Gasteiger partial charge in [0.1, 0.15) is 18.0 Å². The number of anilines is 3. The number of hydrogen-bond acceptors (Lipinski definition) is 9. The van der Waals surface area contributed by atoms with Crippen LogP contribution in [0, 0.1) is 11.3 Å². The standard InChI is InChI=1S/C38H38ClN7O3Si/c1-38(2)29-14-6-9-17-33(29)50(38,27-12-4-3-5-13-27)48-24-26-21-46(22-26)23-32(36(47)45-34-18-10-11-19-41-34)49-37-28(20-40)35(42-25-43-37)44-31-16-8-7-15-30(31)39/h3-20,25-26,32,40H,21-24H2,1-2H3,(H,41,45,47)(H,42,43,44). The summed E-state index contributed by atoms with van der Waals surface area (Å²) in [4.78, 5) is 28.8. The fourth-order valence-electron chi connectivity index (χ4n) is 7.08. The van der Waals surface area contributed by atoms with E-state index in [9.17, 15) is 4.79 Å². The first-order valence-electron chi connectivity index (χ1n) is 16.6. The Balaban J connectivity index is 1.07. The Morgan fingerprint density at radius 3 is 2.50 bits per heavy atom. The summed E-state index contributed by atoms with van der Waals surface area (Å²) in [5.41, 5.74) is 2.27. The maximum absolute atomic E-state index is 13.7. The Morgan fingerprint density at radius 1 is 1.00 bits per heavy atom. The number of carbonyl (C=O) groups excluding carboxylic acids is 1. The van der Waals surface area contributed by atoms with E-state index < -0.39 is 14.4 Å². The van der Waals surface area contributed by atoms with Crippen molar-refractivity contribution in [2.75, 3.05) is 36.9 Å². The number of aromatic nitrogens is 3. The van der Waals surface area contributed by atoms with E-state index in [1.54, 1.807) is 36.5 Å². The molecule has 50 heavy (non-hydrogen) atoms. The summed E-state index contributed by atoms with van der Waals surface area (Å²) in [5, 5.41) is 17.2. The van der Waals surface area contributed by atoms with Crippen molar-refractivity contribution in [2.24, 2.45) is 5.92 Å². The Bertz CT molecular complexity index is 2000. The maximum Gasteiger partial charge on any atom is 0.268 e. The summed E-state index contributed by atoms with van der Waals surface area (Å²) in [6.45, 7) is 7.06. The fourth-order valence-corrected chi connectivity index (χ4v) is 12.3. The molecule has 10 nitrogen and oxygen atoms in total. The van der Waals surface area contributed by atoms with Crippen LogP contribution in [-0.2, 0) is 14.3 Å². The highest BCUT2D eigenvalue weighted by molar-refractivity contribution is 7.03. The molecule has 3 aromatic carbocycles. The van der Waals surface area contributed by atoms with E-state index in [4.69, 9.17) is 26.2 Å². The van der Waals surface area contributed by atoms with Crippen LogP contribution in [0.5, 0.6) is 5.88 Å². The Labute approximate surface area is 297 Å². The number of likely N-dealkylation sites (tertiary alicyclic amines) is 1. The number of hydrogen-bond donors (Lipinski definition) is 3. The molecule has 1 fully saturated rings. The Hall–Kier alpha value is -4.94. The molecule has 0 bridgehead atoms. The number of pyridine rings is 1. The number of halogens is 1. The van der Waals surface area contributed by atoms with E-state index in [1.807, 2.05) is 12.1 Å². The van der Waals surface area contributed by atoms with Crippen LogP contribution in [0.25, 0.3) is 0 Å². The lowest BCUT2D eigenvalue weighted by molar-refractivity contribution is -0.124. The van der Waals surface area contributed by atoms with E-state index in [-0.39, 0.29) is 22.4 Å². The van der Waals surface area contributed by atoms with Gasteiger partial charge in [-0.3, -0.25) is 9.69 Å². The second kappa shape index (κ2) is 14.1. The molecule has 7 rings (SSSR count). The number of benzene rings is 3. The van der Waals surface area contributed by atoms with Crippen LogP contribution in [-0.4, -0.2) is 72.6 Å². The van der Waals surface area contributed by atoms with Crippen LogP contribution in [0.15, 0.2) is 110 Å². The van der Waals surface area contributed by atoms with Crippen molar-refractivity contribution in [3.63, 3.8) is 0 Å². The van der Waals surface area contributed by atoms with Crippen molar-refractivity contribution in [1.29, 1.82) is 5.41 Å². The molecule has 2 aromatic heterocycles. The van der Waals surface area contributed by atoms with Gasteiger partial charge in [0.2, 0.25) is 5.88 Å². The maximum atomic E-state index is 13.7. The lowest BCUT2D eigenvalue weighted by atomic mass is 10.00. The van der Waals surface area contributed by atoms with Gasteiger partial charge in [0, 0.05) is 49.6 Å². The monoisotopic (exact) mass is 703 g/mol. The summed E-state index contributed by atoms with van der Waals surface area (Å²) < 4.78 is 13.4. The molecule has 0 saturated carbocycles. The van der Waals surface area contributed by atoms with E-state index in [1.165, 1.54) is 22.3 Å². The van der Waals surface area contributed by atoms with Crippen LogP contribution >= 0.6 is 11.6 Å². The average molecular weight is 704 g/mol. The van der Waals surface area contributed by atoms with E-state index in [0.29, 0.717) is 41.4 Å². The molecule has 12 heteroatoms. The van der Waals surface area contributed by atoms with Crippen LogP contribution in [0.2, 0.25) is 5.02 Å². The molecule has 1 amide bonds. The van der Waals surface area contributed by atoms with E-state index >= 15 is 0 Å². The zero-order valence-corrected chi connectivity index (χ0v) is 29.6. The third-order valence-electron chi connectivity index (χ3n) is 9.61. The largest absolute Gasteiger partial charge is 0.462 e. The molecule has 5 aromatic rings. The molecular formula is C38H38ClN7O3Si. The predicted molar refractivity (Wildman–Crippen MR) is 199 cm³/mol. The first kappa shape index (κ1) is 33.5. The van der Waals surface area contributed by atoms with Gasteiger partial charge < -0.3 is 25.2 Å². The van der Waals surface area contributed by atoms with Crippen molar-refractivity contribution >= 4 is 59.7 Å². The average Bonchev–Trinajstić information content (AvgIpc) is 3.12. The second-order valence-electron chi connectivity index (χ2n) is 13.1. The van der Waals surface area contributed by atoms with Crippen molar-refractivity contribution < 1.29 is 14.0 Å². The van der Waals surface area contributed by atoms with Gasteiger partial charge in [0.25, 0.3) is 14.2 Å². The first-order chi connectivity index (χ1) is 24.3. The number of amides is 1. The first-order valence-corrected chi connectivity index (χ1v) is 18.9. The zero-order chi connectivity index (χ0) is 34.7. The third-order valence-corrected chi connectivity index (χ3v) is 14.9. The van der Waals surface area contributed by atoms with Gasteiger partial charge in [0.15, 0.2) is 6.10 Å². The van der Waals surface area contributed by atoms with Gasteiger partial charge in [-0.2, -0.15) is 0 Å². The topological polar surface area (TPSA) is 125 Å². The molecule has 2 atom stereocenters. The smallest absolute Gasteiger partial charge is 0.268 e. The minimum absolute atomic E-state index is 0.0689. The molecule has 4 heterocycles. The zero-order valence-electron chi connectivity index (χ0n) is 27.8. The number of ether oxygens (including phenoxy) is 1. The van der Waals surface area contributed by atoms with Crippen molar-refractivity contribution in [3.8, 4) is 5.88 Å². The summed E-state index contributed by atoms with van der Waals surface area (Å²) >= 11 is 6.36. The van der Waals surface area contributed by atoms with Gasteiger partial charge >= 0.3 is 0 Å². The van der Waals surface area contributed by atoms with Gasteiger partial charge in [-0.25, -0.2) is 15.0 Å². The Morgan fingerprint density at radius 2 is 1.74 bits per heavy atom. The molecule has 0 spiro atoms. The summed E-state index contributed by atoms with van der Waals surface area (Å²) in [6.07, 6.45) is 3.09. The highest BCUT2D eigenvalue weighted by Gasteiger charge is 2.63. The van der Waals surface area contributed by atoms with Crippen LogP contribution in [0.1, 0.15) is 25.0 Å². The summed E-state index contributed by atoms with van der Waals surface area (Å²) in [7, 11) is -2.49. The number of rotatable bonds is 13. The van der Waals surface area contributed by atoms with Crippen molar-refractivity contribution in [2.45, 2.75) is 25.0 Å². The van der Waals surface area contributed by atoms with E-state index in [0.717, 1.165) is 19.3 Å². The minimum Gasteiger partial charge on any atom is -0.462 e.